The molecule has 0 saturated heterocycles. The fourth-order valence-electron chi connectivity index (χ4n) is 3.23. The molecule has 28 heavy (non-hydrogen) atoms. The standard InChI is InChI=1S/C23H19ClN2O2/c1-2-28-23(27)17-13-11-16(12-14-17)22-19-8-4-6-10-21(19)26(25-22)15-18-7-3-5-9-20(18)24/h3-14H,2,15H2,1H3. The molecule has 0 atom stereocenters. The Labute approximate surface area is 168 Å². The van der Waals surface area contributed by atoms with E-state index in [1.807, 2.05) is 53.2 Å². The molecule has 0 unspecified atom stereocenters. The zero-order chi connectivity index (χ0) is 19.5. The van der Waals surface area contributed by atoms with Gasteiger partial charge in [0, 0.05) is 16.0 Å². The molecule has 0 spiro atoms. The molecule has 1 heterocycles. The van der Waals surface area contributed by atoms with Gasteiger partial charge in [0.25, 0.3) is 0 Å². The second-order valence-corrected chi connectivity index (χ2v) is 6.82. The lowest BCUT2D eigenvalue weighted by Crippen LogP contribution is -2.04. The van der Waals surface area contributed by atoms with Gasteiger partial charge in [-0.25, -0.2) is 4.79 Å². The Hall–Kier alpha value is -3.11. The quantitative estimate of drug-likeness (QED) is 0.418. The molecule has 0 amide bonds. The first kappa shape index (κ1) is 18.3. The number of hydrogen-bond acceptors (Lipinski definition) is 3. The third kappa shape index (κ3) is 3.51. The number of para-hydroxylation sites is 1. The Morgan fingerprint density at radius 2 is 1.71 bits per heavy atom. The van der Waals surface area contributed by atoms with Gasteiger partial charge in [0.1, 0.15) is 5.69 Å². The van der Waals surface area contributed by atoms with Crippen LogP contribution in [0.5, 0.6) is 0 Å². The molecule has 1 aromatic heterocycles. The van der Waals surface area contributed by atoms with Crippen molar-refractivity contribution >= 4 is 28.5 Å². The van der Waals surface area contributed by atoms with E-state index in [0.717, 1.165) is 32.7 Å². The van der Waals surface area contributed by atoms with Crippen LogP contribution in [0.2, 0.25) is 5.02 Å². The summed E-state index contributed by atoms with van der Waals surface area (Å²) < 4.78 is 7.02. The van der Waals surface area contributed by atoms with E-state index in [1.54, 1.807) is 19.1 Å². The van der Waals surface area contributed by atoms with Crippen molar-refractivity contribution in [3.63, 3.8) is 0 Å². The average Bonchev–Trinajstić information content (AvgIpc) is 3.09. The summed E-state index contributed by atoms with van der Waals surface area (Å²) in [7, 11) is 0. The van der Waals surface area contributed by atoms with E-state index >= 15 is 0 Å². The van der Waals surface area contributed by atoms with Gasteiger partial charge in [-0.15, -0.1) is 0 Å². The molecule has 3 aromatic carbocycles. The Kier molecular flexibility index (Phi) is 5.13. The lowest BCUT2D eigenvalue weighted by molar-refractivity contribution is 0.0526. The van der Waals surface area contributed by atoms with Crippen LogP contribution in [-0.4, -0.2) is 22.4 Å². The summed E-state index contributed by atoms with van der Waals surface area (Å²) >= 11 is 6.34. The SMILES string of the molecule is CCOC(=O)c1ccc(-c2nn(Cc3ccccc3Cl)c3ccccc23)cc1. The monoisotopic (exact) mass is 390 g/mol. The van der Waals surface area contributed by atoms with E-state index in [4.69, 9.17) is 21.4 Å². The van der Waals surface area contributed by atoms with Gasteiger partial charge >= 0.3 is 5.97 Å². The minimum atomic E-state index is -0.317. The molecule has 0 aliphatic rings. The molecule has 0 aliphatic carbocycles. The number of halogens is 1. The fourth-order valence-corrected chi connectivity index (χ4v) is 3.42. The summed E-state index contributed by atoms with van der Waals surface area (Å²) in [6.07, 6.45) is 0. The van der Waals surface area contributed by atoms with E-state index in [1.165, 1.54) is 0 Å². The molecule has 0 saturated carbocycles. The molecule has 4 aromatic rings. The van der Waals surface area contributed by atoms with Gasteiger partial charge in [-0.05, 0) is 36.8 Å². The van der Waals surface area contributed by atoms with Gasteiger partial charge in [-0.3, -0.25) is 4.68 Å². The molecule has 140 valence electrons. The van der Waals surface area contributed by atoms with E-state index in [-0.39, 0.29) is 5.97 Å². The number of fused-ring (bicyclic) bond motifs is 1. The summed E-state index contributed by atoms with van der Waals surface area (Å²) in [4.78, 5) is 11.9. The number of benzene rings is 3. The summed E-state index contributed by atoms with van der Waals surface area (Å²) in [5.41, 5.74) is 4.40. The topological polar surface area (TPSA) is 44.1 Å². The number of carbonyl (C=O) groups is 1. The van der Waals surface area contributed by atoms with Gasteiger partial charge in [-0.2, -0.15) is 5.10 Å². The van der Waals surface area contributed by atoms with Crippen molar-refractivity contribution in [1.29, 1.82) is 0 Å². The fraction of sp³-hybridized carbons (Fsp3) is 0.130. The molecule has 4 rings (SSSR count). The maximum absolute atomic E-state index is 11.9. The first-order valence-electron chi connectivity index (χ1n) is 9.14. The van der Waals surface area contributed by atoms with Crippen molar-refractivity contribution in [3.8, 4) is 11.3 Å². The van der Waals surface area contributed by atoms with Crippen LogP contribution in [0.25, 0.3) is 22.2 Å². The zero-order valence-electron chi connectivity index (χ0n) is 15.4. The highest BCUT2D eigenvalue weighted by molar-refractivity contribution is 6.31. The molecule has 4 nitrogen and oxygen atoms in total. The molecular formula is C23H19ClN2O2. The van der Waals surface area contributed by atoms with Gasteiger partial charge in [0.05, 0.1) is 24.2 Å². The maximum Gasteiger partial charge on any atom is 0.338 e. The summed E-state index contributed by atoms with van der Waals surface area (Å²) in [6.45, 7) is 2.74. The highest BCUT2D eigenvalue weighted by Gasteiger charge is 2.14. The predicted molar refractivity (Wildman–Crippen MR) is 112 cm³/mol. The first-order valence-corrected chi connectivity index (χ1v) is 9.51. The van der Waals surface area contributed by atoms with Crippen LogP contribution in [0, 0.1) is 0 Å². The Balaban J connectivity index is 1.74. The third-order valence-corrected chi connectivity index (χ3v) is 4.97. The van der Waals surface area contributed by atoms with E-state index in [0.29, 0.717) is 18.7 Å². The molecule has 0 N–H and O–H groups in total. The van der Waals surface area contributed by atoms with Gasteiger partial charge in [-0.1, -0.05) is 60.1 Å². The minimum Gasteiger partial charge on any atom is -0.462 e. The third-order valence-electron chi connectivity index (χ3n) is 4.61. The highest BCUT2D eigenvalue weighted by Crippen LogP contribution is 2.29. The summed E-state index contributed by atoms with van der Waals surface area (Å²) in [6, 6.07) is 23.2. The van der Waals surface area contributed by atoms with Crippen molar-refractivity contribution in [1.82, 2.24) is 9.78 Å². The molecular weight excluding hydrogens is 372 g/mol. The van der Waals surface area contributed by atoms with Crippen molar-refractivity contribution in [2.45, 2.75) is 13.5 Å². The summed E-state index contributed by atoms with van der Waals surface area (Å²) in [5, 5.41) is 6.63. The summed E-state index contributed by atoms with van der Waals surface area (Å²) in [5.74, 6) is -0.317. The number of ether oxygens (including phenoxy) is 1. The van der Waals surface area contributed by atoms with Crippen molar-refractivity contribution in [2.75, 3.05) is 6.61 Å². The van der Waals surface area contributed by atoms with Crippen LogP contribution in [0.1, 0.15) is 22.8 Å². The Morgan fingerprint density at radius 3 is 2.46 bits per heavy atom. The Morgan fingerprint density at radius 1 is 1.00 bits per heavy atom. The molecule has 5 heteroatoms. The van der Waals surface area contributed by atoms with Crippen molar-refractivity contribution in [2.24, 2.45) is 0 Å². The lowest BCUT2D eigenvalue weighted by Gasteiger charge is -2.05. The van der Waals surface area contributed by atoms with Crippen LogP contribution >= 0.6 is 11.6 Å². The number of hydrogen-bond donors (Lipinski definition) is 0. The van der Waals surface area contributed by atoms with Crippen LogP contribution in [0.4, 0.5) is 0 Å². The van der Waals surface area contributed by atoms with E-state index < -0.39 is 0 Å². The molecule has 0 radical (unpaired) electrons. The first-order chi connectivity index (χ1) is 13.7. The number of aromatic nitrogens is 2. The van der Waals surface area contributed by atoms with Crippen molar-refractivity contribution < 1.29 is 9.53 Å². The second-order valence-electron chi connectivity index (χ2n) is 6.41. The van der Waals surface area contributed by atoms with Crippen LogP contribution < -0.4 is 0 Å². The van der Waals surface area contributed by atoms with Crippen LogP contribution in [0.15, 0.2) is 72.8 Å². The van der Waals surface area contributed by atoms with E-state index in [2.05, 4.69) is 12.1 Å². The van der Waals surface area contributed by atoms with E-state index in [9.17, 15) is 4.79 Å². The van der Waals surface area contributed by atoms with Crippen LogP contribution in [0.3, 0.4) is 0 Å². The lowest BCUT2D eigenvalue weighted by atomic mass is 10.1. The molecule has 0 fully saturated rings. The maximum atomic E-state index is 11.9. The zero-order valence-corrected chi connectivity index (χ0v) is 16.2. The van der Waals surface area contributed by atoms with Crippen LogP contribution in [-0.2, 0) is 11.3 Å². The average molecular weight is 391 g/mol. The van der Waals surface area contributed by atoms with Gasteiger partial charge in [0.15, 0.2) is 0 Å². The smallest absolute Gasteiger partial charge is 0.338 e. The second kappa shape index (κ2) is 7.87. The largest absolute Gasteiger partial charge is 0.462 e. The highest BCUT2D eigenvalue weighted by atomic mass is 35.5. The van der Waals surface area contributed by atoms with Gasteiger partial charge in [0.2, 0.25) is 0 Å². The number of esters is 1. The van der Waals surface area contributed by atoms with Gasteiger partial charge < -0.3 is 4.74 Å². The van der Waals surface area contributed by atoms with Crippen molar-refractivity contribution in [3.05, 3.63) is 88.9 Å². The number of nitrogens with zero attached hydrogens (tertiary/aromatic N) is 2. The minimum absolute atomic E-state index is 0.317. The molecule has 0 bridgehead atoms. The predicted octanol–water partition coefficient (Wildman–Crippen LogP) is 5.58. The number of carbonyl (C=O) groups excluding carboxylic acids is 1. The molecule has 0 aliphatic heterocycles. The normalized spacial score (nSPS) is 10.9. The Bertz CT molecular complexity index is 1130. The number of rotatable bonds is 5.